The lowest BCUT2D eigenvalue weighted by molar-refractivity contribution is 0.148. The molecule has 0 unspecified atom stereocenters. The van der Waals surface area contributed by atoms with Gasteiger partial charge in [-0.3, -0.25) is 4.90 Å². The summed E-state index contributed by atoms with van der Waals surface area (Å²) in [6.45, 7) is 9.68. The van der Waals surface area contributed by atoms with Gasteiger partial charge in [0.25, 0.3) is 0 Å². The number of nitrogens with one attached hydrogen (secondary N) is 2. The second kappa shape index (κ2) is 10.6. The van der Waals surface area contributed by atoms with Crippen LogP contribution in [0.3, 0.4) is 0 Å². The number of allylic oxidation sites excluding steroid dienone is 4. The molecule has 0 bridgehead atoms. The number of H-pyrrole nitrogens is 1. The van der Waals surface area contributed by atoms with Crippen molar-refractivity contribution in [3.05, 3.63) is 65.9 Å². The van der Waals surface area contributed by atoms with E-state index in [-0.39, 0.29) is 0 Å². The average molecular weight is 431 g/mol. The molecule has 6 heteroatoms. The van der Waals surface area contributed by atoms with Crippen LogP contribution in [0.25, 0.3) is 16.6 Å². The van der Waals surface area contributed by atoms with E-state index in [1.54, 1.807) is 0 Å². The minimum absolute atomic E-state index is 0.718. The number of anilines is 2. The number of rotatable bonds is 8. The second-order valence-corrected chi connectivity index (χ2v) is 8.54. The van der Waals surface area contributed by atoms with Crippen LogP contribution in [-0.2, 0) is 6.54 Å². The SMILES string of the molecule is C/C=C\C=C(/CCC)c1ccc2nc(Nc3cc(CN4CCN(C)CC4)ccn3)[nH]c2c1. The Morgan fingerprint density at radius 3 is 2.78 bits per heavy atom. The fraction of sp³-hybridized carbons (Fsp3) is 0.385. The Bertz CT molecular complexity index is 1090. The summed E-state index contributed by atoms with van der Waals surface area (Å²) in [5.41, 5.74) is 5.83. The van der Waals surface area contributed by atoms with Crippen molar-refractivity contribution < 1.29 is 0 Å². The molecule has 3 aromatic rings. The molecule has 0 aliphatic carbocycles. The zero-order valence-electron chi connectivity index (χ0n) is 19.4. The lowest BCUT2D eigenvalue weighted by atomic mass is 10.0. The number of likely N-dealkylation sites (N-methyl/N-ethyl adjacent to an activating group) is 1. The highest BCUT2D eigenvalue weighted by Crippen LogP contribution is 2.25. The van der Waals surface area contributed by atoms with Gasteiger partial charge in [-0.05, 0) is 61.4 Å². The lowest BCUT2D eigenvalue weighted by Gasteiger charge is -2.32. The van der Waals surface area contributed by atoms with Crippen LogP contribution in [-0.4, -0.2) is 58.0 Å². The van der Waals surface area contributed by atoms with Gasteiger partial charge in [0.2, 0.25) is 5.95 Å². The normalized spacial score (nSPS) is 16.3. The Balaban J connectivity index is 1.48. The smallest absolute Gasteiger partial charge is 0.206 e. The van der Waals surface area contributed by atoms with Gasteiger partial charge in [-0.15, -0.1) is 0 Å². The van der Waals surface area contributed by atoms with Gasteiger partial charge in [-0.2, -0.15) is 0 Å². The Hall–Kier alpha value is -2.96. The van der Waals surface area contributed by atoms with Crippen LogP contribution in [0.1, 0.15) is 37.8 Å². The van der Waals surface area contributed by atoms with Crippen molar-refractivity contribution in [2.75, 3.05) is 38.5 Å². The maximum atomic E-state index is 4.71. The molecule has 2 aromatic heterocycles. The lowest BCUT2D eigenvalue weighted by Crippen LogP contribution is -2.43. The van der Waals surface area contributed by atoms with Gasteiger partial charge in [-0.25, -0.2) is 9.97 Å². The Morgan fingerprint density at radius 2 is 2.00 bits per heavy atom. The monoisotopic (exact) mass is 430 g/mol. The van der Waals surface area contributed by atoms with E-state index in [1.807, 2.05) is 13.1 Å². The van der Waals surface area contributed by atoms with Gasteiger partial charge in [-0.1, -0.05) is 37.6 Å². The Morgan fingerprint density at radius 1 is 1.16 bits per heavy atom. The number of hydrogen-bond donors (Lipinski definition) is 2. The number of aromatic amines is 1. The molecule has 2 N–H and O–H groups in total. The van der Waals surface area contributed by atoms with Gasteiger partial charge in [0.1, 0.15) is 5.82 Å². The molecule has 1 saturated heterocycles. The molecular weight excluding hydrogens is 396 g/mol. The minimum atomic E-state index is 0.718. The molecule has 4 rings (SSSR count). The zero-order valence-corrected chi connectivity index (χ0v) is 19.4. The molecule has 1 fully saturated rings. The van der Waals surface area contributed by atoms with E-state index in [2.05, 4.69) is 87.6 Å². The van der Waals surface area contributed by atoms with Crippen LogP contribution in [0, 0.1) is 0 Å². The van der Waals surface area contributed by atoms with Gasteiger partial charge in [0.05, 0.1) is 11.0 Å². The highest BCUT2D eigenvalue weighted by Gasteiger charge is 2.14. The van der Waals surface area contributed by atoms with Gasteiger partial charge >= 0.3 is 0 Å². The number of hydrogen-bond acceptors (Lipinski definition) is 5. The summed E-state index contributed by atoms with van der Waals surface area (Å²) in [5, 5.41) is 3.36. The molecular formula is C26H34N6. The van der Waals surface area contributed by atoms with Crippen molar-refractivity contribution in [1.82, 2.24) is 24.8 Å². The molecule has 0 atom stereocenters. The van der Waals surface area contributed by atoms with E-state index in [1.165, 1.54) is 16.7 Å². The van der Waals surface area contributed by atoms with Crippen LogP contribution in [0.2, 0.25) is 0 Å². The molecule has 0 spiro atoms. The third-order valence-electron chi connectivity index (χ3n) is 5.93. The van der Waals surface area contributed by atoms with Gasteiger partial charge < -0.3 is 15.2 Å². The molecule has 1 aliphatic rings. The molecule has 6 nitrogen and oxygen atoms in total. The highest BCUT2D eigenvalue weighted by atomic mass is 15.2. The van der Waals surface area contributed by atoms with Crippen molar-refractivity contribution in [3.8, 4) is 0 Å². The van der Waals surface area contributed by atoms with Crippen molar-refractivity contribution in [2.45, 2.75) is 33.2 Å². The molecule has 32 heavy (non-hydrogen) atoms. The quantitative estimate of drug-likeness (QED) is 0.481. The summed E-state index contributed by atoms with van der Waals surface area (Å²) in [5.74, 6) is 1.53. The van der Waals surface area contributed by atoms with Gasteiger partial charge in [0.15, 0.2) is 0 Å². The first-order valence-electron chi connectivity index (χ1n) is 11.6. The molecule has 0 radical (unpaired) electrons. The van der Waals surface area contributed by atoms with E-state index in [0.29, 0.717) is 0 Å². The third-order valence-corrected chi connectivity index (χ3v) is 5.93. The largest absolute Gasteiger partial charge is 0.324 e. The first-order valence-corrected chi connectivity index (χ1v) is 11.6. The summed E-state index contributed by atoms with van der Waals surface area (Å²) in [6, 6.07) is 10.7. The Labute approximate surface area is 191 Å². The van der Waals surface area contributed by atoms with Gasteiger partial charge in [0, 0.05) is 38.9 Å². The maximum absolute atomic E-state index is 4.71. The standard InChI is InChI=1S/C26H34N6/c1-4-6-8-21(7-5-2)22-9-10-23-24(18-22)29-26(28-23)30-25-17-20(11-12-27-25)19-32-15-13-31(3)14-16-32/h4,6,8-12,17-18H,5,7,13-16,19H2,1-3H3,(H2,27,28,29,30)/b6-4-,21-8+. The van der Waals surface area contributed by atoms with Crippen LogP contribution in [0.5, 0.6) is 0 Å². The van der Waals surface area contributed by atoms with Crippen molar-refractivity contribution in [3.63, 3.8) is 0 Å². The zero-order chi connectivity index (χ0) is 22.3. The molecule has 0 saturated carbocycles. The van der Waals surface area contributed by atoms with E-state index >= 15 is 0 Å². The maximum Gasteiger partial charge on any atom is 0.206 e. The summed E-state index contributed by atoms with van der Waals surface area (Å²) in [4.78, 5) is 17.5. The van der Waals surface area contributed by atoms with Crippen LogP contribution in [0.4, 0.5) is 11.8 Å². The number of aromatic nitrogens is 3. The van der Waals surface area contributed by atoms with E-state index in [0.717, 1.165) is 68.4 Å². The summed E-state index contributed by atoms with van der Waals surface area (Å²) < 4.78 is 0. The summed E-state index contributed by atoms with van der Waals surface area (Å²) >= 11 is 0. The third kappa shape index (κ3) is 5.64. The fourth-order valence-corrected chi connectivity index (χ4v) is 4.10. The average Bonchev–Trinajstić information content (AvgIpc) is 3.20. The van der Waals surface area contributed by atoms with E-state index in [9.17, 15) is 0 Å². The van der Waals surface area contributed by atoms with Crippen LogP contribution in [0.15, 0.2) is 54.8 Å². The molecule has 3 heterocycles. The summed E-state index contributed by atoms with van der Waals surface area (Å²) in [7, 11) is 2.19. The van der Waals surface area contributed by atoms with Crippen molar-refractivity contribution in [1.29, 1.82) is 0 Å². The topological polar surface area (TPSA) is 60.1 Å². The number of fused-ring (bicyclic) bond motifs is 1. The predicted octanol–water partition coefficient (Wildman–Crippen LogP) is 5.21. The molecule has 1 aliphatic heterocycles. The fourth-order valence-electron chi connectivity index (χ4n) is 4.10. The molecule has 1 aromatic carbocycles. The van der Waals surface area contributed by atoms with Crippen LogP contribution < -0.4 is 5.32 Å². The van der Waals surface area contributed by atoms with E-state index in [4.69, 9.17) is 4.98 Å². The number of imidazole rings is 1. The predicted molar refractivity (Wildman–Crippen MR) is 134 cm³/mol. The molecule has 168 valence electrons. The van der Waals surface area contributed by atoms with E-state index < -0.39 is 0 Å². The van der Waals surface area contributed by atoms with Crippen molar-refractivity contribution in [2.24, 2.45) is 0 Å². The van der Waals surface area contributed by atoms with Crippen LogP contribution >= 0.6 is 0 Å². The number of benzene rings is 1. The highest BCUT2D eigenvalue weighted by molar-refractivity contribution is 5.83. The molecule has 0 amide bonds. The first-order chi connectivity index (χ1) is 15.6. The minimum Gasteiger partial charge on any atom is -0.324 e. The number of piperazine rings is 1. The number of pyridine rings is 1. The summed E-state index contributed by atoms with van der Waals surface area (Å²) in [6.07, 6.45) is 10.4. The Kier molecular flexibility index (Phi) is 7.35. The second-order valence-electron chi connectivity index (χ2n) is 8.54. The first kappa shape index (κ1) is 22.2. The number of nitrogens with zero attached hydrogens (tertiary/aromatic N) is 4. The van der Waals surface area contributed by atoms with Crippen molar-refractivity contribution >= 4 is 28.4 Å².